The molecule has 2 fully saturated rings. The van der Waals surface area contributed by atoms with Crippen molar-refractivity contribution in [3.05, 3.63) is 33.8 Å². The summed E-state index contributed by atoms with van der Waals surface area (Å²) in [5.74, 6) is 0.654. The lowest BCUT2D eigenvalue weighted by Gasteiger charge is -2.15. The van der Waals surface area contributed by atoms with Crippen LogP contribution < -0.4 is 0 Å². The van der Waals surface area contributed by atoms with Gasteiger partial charge in [-0.3, -0.25) is 0 Å². The fraction of sp³-hybridized carbons (Fsp3) is 0.417. The SMILES string of the molecule is N#CC1(c2c(F)cc(Br)cc2F)[C@@H]2CSC[C@@H]21. The van der Waals surface area contributed by atoms with Crippen LogP contribution in [0.5, 0.6) is 0 Å². The quantitative estimate of drug-likeness (QED) is 0.792. The highest BCUT2D eigenvalue weighted by molar-refractivity contribution is 9.10. The lowest BCUT2D eigenvalue weighted by molar-refractivity contribution is 0.528. The van der Waals surface area contributed by atoms with E-state index in [4.69, 9.17) is 0 Å². The third-order valence-electron chi connectivity index (χ3n) is 3.75. The first-order valence-corrected chi connectivity index (χ1v) is 7.20. The minimum absolute atomic E-state index is 0.0292. The fourth-order valence-corrected chi connectivity index (χ4v) is 4.92. The summed E-state index contributed by atoms with van der Waals surface area (Å²) < 4.78 is 28.2. The summed E-state index contributed by atoms with van der Waals surface area (Å²) in [6, 6.07) is 4.63. The monoisotopic (exact) mass is 315 g/mol. The number of nitrogens with zero attached hydrogens (tertiary/aromatic N) is 1. The Labute approximate surface area is 110 Å². The molecule has 5 heteroatoms. The molecule has 1 saturated carbocycles. The molecule has 3 rings (SSSR count). The third kappa shape index (κ3) is 1.40. The molecule has 1 aliphatic heterocycles. The van der Waals surface area contributed by atoms with Gasteiger partial charge in [0.2, 0.25) is 0 Å². The summed E-state index contributed by atoms with van der Waals surface area (Å²) in [4.78, 5) is 0. The Kier molecular flexibility index (Phi) is 2.50. The lowest BCUT2D eigenvalue weighted by atomic mass is 9.92. The highest BCUT2D eigenvalue weighted by Crippen LogP contribution is 2.66. The van der Waals surface area contributed by atoms with E-state index in [1.54, 1.807) is 11.8 Å². The van der Waals surface area contributed by atoms with Crippen LogP contribution in [0.4, 0.5) is 8.78 Å². The zero-order valence-electron chi connectivity index (χ0n) is 8.71. The average molecular weight is 316 g/mol. The lowest BCUT2D eigenvalue weighted by Crippen LogP contribution is -2.17. The number of hydrogen-bond acceptors (Lipinski definition) is 2. The van der Waals surface area contributed by atoms with Crippen molar-refractivity contribution < 1.29 is 8.78 Å². The van der Waals surface area contributed by atoms with Crippen LogP contribution in [0.1, 0.15) is 5.56 Å². The Morgan fingerprint density at radius 3 is 2.29 bits per heavy atom. The van der Waals surface area contributed by atoms with E-state index >= 15 is 0 Å². The van der Waals surface area contributed by atoms with Crippen molar-refractivity contribution in [1.82, 2.24) is 0 Å². The van der Waals surface area contributed by atoms with E-state index in [1.807, 2.05) is 0 Å². The van der Waals surface area contributed by atoms with E-state index in [0.29, 0.717) is 4.47 Å². The Morgan fingerprint density at radius 1 is 1.29 bits per heavy atom. The molecule has 1 aliphatic carbocycles. The zero-order chi connectivity index (χ0) is 12.2. The van der Waals surface area contributed by atoms with Crippen LogP contribution in [0.25, 0.3) is 0 Å². The number of nitriles is 1. The van der Waals surface area contributed by atoms with Crippen LogP contribution in [0.2, 0.25) is 0 Å². The van der Waals surface area contributed by atoms with Crippen molar-refractivity contribution >= 4 is 27.7 Å². The van der Waals surface area contributed by atoms with Gasteiger partial charge >= 0.3 is 0 Å². The summed E-state index contributed by atoms with van der Waals surface area (Å²) in [6.07, 6.45) is 0. The zero-order valence-corrected chi connectivity index (χ0v) is 11.1. The molecule has 0 N–H and O–H groups in total. The van der Waals surface area contributed by atoms with Crippen LogP contribution in [-0.2, 0) is 5.41 Å². The van der Waals surface area contributed by atoms with Gasteiger partial charge < -0.3 is 0 Å². The van der Waals surface area contributed by atoms with Crippen molar-refractivity contribution in [3.8, 4) is 6.07 Å². The summed E-state index contributed by atoms with van der Waals surface area (Å²) >= 11 is 4.80. The van der Waals surface area contributed by atoms with Gasteiger partial charge in [-0.25, -0.2) is 8.78 Å². The van der Waals surface area contributed by atoms with Gasteiger partial charge in [0, 0.05) is 10.0 Å². The number of thioether (sulfide) groups is 1. The molecule has 2 aliphatic rings. The minimum atomic E-state index is -0.917. The number of halogens is 3. The van der Waals surface area contributed by atoms with Gasteiger partial charge in [-0.2, -0.15) is 17.0 Å². The average Bonchev–Trinajstić information content (AvgIpc) is 2.67. The molecule has 0 radical (unpaired) electrons. The van der Waals surface area contributed by atoms with Crippen LogP contribution in [0.15, 0.2) is 16.6 Å². The fourth-order valence-electron chi connectivity index (χ4n) is 2.89. The smallest absolute Gasteiger partial charge is 0.132 e. The Hall–Kier alpha value is -0.600. The van der Waals surface area contributed by atoms with Crippen molar-refractivity contribution in [2.75, 3.05) is 11.5 Å². The van der Waals surface area contributed by atoms with E-state index in [2.05, 4.69) is 22.0 Å². The molecule has 88 valence electrons. The van der Waals surface area contributed by atoms with Crippen molar-refractivity contribution in [2.45, 2.75) is 5.41 Å². The van der Waals surface area contributed by atoms with Gasteiger partial charge in [0.1, 0.15) is 11.6 Å². The van der Waals surface area contributed by atoms with Gasteiger partial charge in [-0.05, 0) is 35.5 Å². The maximum atomic E-state index is 13.9. The van der Waals surface area contributed by atoms with Gasteiger partial charge in [0.15, 0.2) is 0 Å². The van der Waals surface area contributed by atoms with E-state index in [9.17, 15) is 14.0 Å². The second kappa shape index (κ2) is 3.69. The molecule has 17 heavy (non-hydrogen) atoms. The van der Waals surface area contributed by atoms with E-state index in [0.717, 1.165) is 11.5 Å². The van der Waals surface area contributed by atoms with Crippen LogP contribution >= 0.6 is 27.7 Å². The molecule has 0 aromatic heterocycles. The second-order valence-electron chi connectivity index (χ2n) is 4.48. The molecule has 0 bridgehead atoms. The Balaban J connectivity index is 2.15. The molecular formula is C12H8BrF2NS. The minimum Gasteiger partial charge on any atom is -0.206 e. The first kappa shape index (κ1) is 11.5. The molecule has 0 spiro atoms. The van der Waals surface area contributed by atoms with Gasteiger partial charge in [0.05, 0.1) is 11.5 Å². The normalized spacial score (nSPS) is 34.2. The van der Waals surface area contributed by atoms with Crippen LogP contribution in [0, 0.1) is 34.8 Å². The molecule has 1 nitrogen and oxygen atoms in total. The maximum absolute atomic E-state index is 13.9. The van der Waals surface area contributed by atoms with Gasteiger partial charge in [-0.1, -0.05) is 15.9 Å². The van der Waals surface area contributed by atoms with E-state index < -0.39 is 17.0 Å². The largest absolute Gasteiger partial charge is 0.206 e. The maximum Gasteiger partial charge on any atom is 0.132 e. The molecule has 0 amide bonds. The van der Waals surface area contributed by atoms with Crippen LogP contribution in [0.3, 0.4) is 0 Å². The molecular weight excluding hydrogens is 308 g/mol. The number of rotatable bonds is 1. The number of benzene rings is 1. The van der Waals surface area contributed by atoms with E-state index in [1.165, 1.54) is 12.1 Å². The number of hydrogen-bond donors (Lipinski definition) is 0. The van der Waals surface area contributed by atoms with Crippen LogP contribution in [-0.4, -0.2) is 11.5 Å². The Bertz CT molecular complexity index is 507. The Morgan fingerprint density at radius 2 is 1.82 bits per heavy atom. The molecule has 1 unspecified atom stereocenters. The summed E-state index contributed by atoms with van der Waals surface area (Å²) in [5, 5.41) is 9.33. The second-order valence-corrected chi connectivity index (χ2v) is 6.47. The van der Waals surface area contributed by atoms with Crippen molar-refractivity contribution in [3.63, 3.8) is 0 Å². The molecule has 1 heterocycles. The summed E-state index contributed by atoms with van der Waals surface area (Å²) in [6.45, 7) is 0. The molecule has 1 saturated heterocycles. The number of fused-ring (bicyclic) bond motifs is 1. The summed E-state index contributed by atoms with van der Waals surface area (Å²) in [7, 11) is 0. The molecule has 3 atom stereocenters. The first-order chi connectivity index (χ1) is 8.11. The topological polar surface area (TPSA) is 23.8 Å². The molecule has 1 aromatic carbocycles. The third-order valence-corrected chi connectivity index (χ3v) is 5.39. The highest BCUT2D eigenvalue weighted by atomic mass is 79.9. The van der Waals surface area contributed by atoms with Gasteiger partial charge in [-0.15, -0.1) is 0 Å². The standard InChI is InChI=1S/C12H8BrF2NS/c13-6-1-9(14)11(10(15)2-6)12(5-16)7-3-17-4-8(7)12/h1-2,7-8H,3-4H2/t7-,8+,12?. The first-order valence-electron chi connectivity index (χ1n) is 5.25. The predicted molar refractivity (Wildman–Crippen MR) is 65.7 cm³/mol. The van der Waals surface area contributed by atoms with Gasteiger partial charge in [0.25, 0.3) is 0 Å². The summed E-state index contributed by atoms with van der Waals surface area (Å²) in [5.41, 5.74) is -0.946. The predicted octanol–water partition coefficient (Wildman–Crippen LogP) is 3.48. The van der Waals surface area contributed by atoms with Crippen molar-refractivity contribution in [1.29, 1.82) is 5.26 Å². The highest BCUT2D eigenvalue weighted by Gasteiger charge is 2.70. The molecule has 1 aromatic rings. The van der Waals surface area contributed by atoms with E-state index in [-0.39, 0.29) is 17.4 Å². The van der Waals surface area contributed by atoms with Crippen molar-refractivity contribution in [2.24, 2.45) is 11.8 Å².